The van der Waals surface area contributed by atoms with Crippen molar-refractivity contribution < 1.29 is 14.0 Å². The fourth-order valence-corrected chi connectivity index (χ4v) is 4.13. The highest BCUT2D eigenvalue weighted by molar-refractivity contribution is 7.89. The first-order valence-corrected chi connectivity index (χ1v) is 8.20. The standard InChI is InChI=1S/C15H18FN3O2S/c1-18-8-15(17-10-18)22(21)19-6-12(9-20)14(7-19)11-2-4-13(16)5-3-11/h2-5,8,10,12,14,20H,6-7,9H2,1H3/t12-,14-,22?/m0/s1. The number of imidazole rings is 1. The van der Waals surface area contributed by atoms with Gasteiger partial charge in [-0.25, -0.2) is 4.39 Å². The SMILES string of the molecule is Cn1cnc([S+]([O-])N2C[C@@H](CO)[C@H](c3ccc(F)cc3)C2)c1. The Morgan fingerprint density at radius 2 is 2.09 bits per heavy atom. The van der Waals surface area contributed by atoms with Gasteiger partial charge in [0.25, 0.3) is 5.03 Å². The maximum Gasteiger partial charge on any atom is 0.283 e. The molecule has 2 heterocycles. The molecule has 1 aromatic carbocycles. The second kappa shape index (κ2) is 6.37. The first kappa shape index (κ1) is 15.5. The third-order valence-electron chi connectivity index (χ3n) is 4.03. The molecule has 5 nitrogen and oxygen atoms in total. The molecule has 0 spiro atoms. The van der Waals surface area contributed by atoms with E-state index in [1.807, 2.05) is 11.4 Å². The van der Waals surface area contributed by atoms with E-state index in [1.165, 1.54) is 12.1 Å². The minimum absolute atomic E-state index is 0.0119. The number of hydrogen-bond donors (Lipinski definition) is 1. The average Bonchev–Trinajstić information content (AvgIpc) is 3.13. The fourth-order valence-electron chi connectivity index (χ4n) is 2.85. The molecule has 1 saturated heterocycles. The van der Waals surface area contributed by atoms with Gasteiger partial charge in [-0.3, -0.25) is 0 Å². The molecule has 3 atom stereocenters. The zero-order chi connectivity index (χ0) is 15.7. The van der Waals surface area contributed by atoms with Crippen LogP contribution in [-0.4, -0.2) is 43.2 Å². The van der Waals surface area contributed by atoms with Crippen molar-refractivity contribution >= 4 is 11.4 Å². The van der Waals surface area contributed by atoms with E-state index in [0.717, 1.165) is 5.56 Å². The molecule has 1 unspecified atom stereocenters. The van der Waals surface area contributed by atoms with Crippen molar-refractivity contribution in [3.05, 3.63) is 48.2 Å². The van der Waals surface area contributed by atoms with Crippen LogP contribution in [0.25, 0.3) is 0 Å². The van der Waals surface area contributed by atoms with Crippen molar-refractivity contribution in [1.82, 2.24) is 13.9 Å². The number of aryl methyl sites for hydroxylation is 1. The van der Waals surface area contributed by atoms with Crippen molar-refractivity contribution in [3.63, 3.8) is 0 Å². The van der Waals surface area contributed by atoms with Crippen LogP contribution in [0.15, 0.2) is 41.8 Å². The molecule has 0 aliphatic carbocycles. The van der Waals surface area contributed by atoms with Gasteiger partial charge in [0.15, 0.2) is 0 Å². The van der Waals surface area contributed by atoms with E-state index in [2.05, 4.69) is 4.98 Å². The number of halogens is 1. The lowest BCUT2D eigenvalue weighted by Crippen LogP contribution is -2.29. The summed E-state index contributed by atoms with van der Waals surface area (Å²) >= 11 is -1.34. The Labute approximate surface area is 131 Å². The summed E-state index contributed by atoms with van der Waals surface area (Å²) in [7, 11) is 1.83. The smallest absolute Gasteiger partial charge is 0.283 e. The normalized spacial score (nSPS) is 23.8. The van der Waals surface area contributed by atoms with Gasteiger partial charge in [0.05, 0.1) is 25.6 Å². The molecule has 1 aliphatic rings. The summed E-state index contributed by atoms with van der Waals surface area (Å²) in [4.78, 5) is 4.13. The summed E-state index contributed by atoms with van der Waals surface area (Å²) in [5.74, 6) is -0.257. The lowest BCUT2D eigenvalue weighted by atomic mass is 9.89. The average molecular weight is 323 g/mol. The summed E-state index contributed by atoms with van der Waals surface area (Å²) in [5.41, 5.74) is 0.959. The zero-order valence-electron chi connectivity index (χ0n) is 12.2. The minimum atomic E-state index is -1.34. The summed E-state index contributed by atoms with van der Waals surface area (Å²) in [6.07, 6.45) is 3.35. The summed E-state index contributed by atoms with van der Waals surface area (Å²) < 4.78 is 29.2. The van der Waals surface area contributed by atoms with Crippen LogP contribution in [0.1, 0.15) is 11.5 Å². The summed E-state index contributed by atoms with van der Waals surface area (Å²) in [6, 6.07) is 6.30. The first-order chi connectivity index (χ1) is 10.6. The molecule has 1 aliphatic heterocycles. The predicted molar refractivity (Wildman–Crippen MR) is 80.9 cm³/mol. The van der Waals surface area contributed by atoms with Gasteiger partial charge in [-0.15, -0.1) is 4.31 Å². The number of benzene rings is 1. The lowest BCUT2D eigenvalue weighted by molar-refractivity contribution is 0.223. The van der Waals surface area contributed by atoms with Crippen molar-refractivity contribution in [3.8, 4) is 0 Å². The predicted octanol–water partition coefficient (Wildman–Crippen LogP) is 1.29. The molecular weight excluding hydrogens is 305 g/mol. The van der Waals surface area contributed by atoms with Gasteiger partial charge >= 0.3 is 0 Å². The molecule has 1 fully saturated rings. The van der Waals surface area contributed by atoms with Gasteiger partial charge in [-0.1, -0.05) is 12.1 Å². The third-order valence-corrected chi connectivity index (χ3v) is 5.37. The number of aliphatic hydroxyl groups excluding tert-OH is 1. The highest BCUT2D eigenvalue weighted by atomic mass is 32.2. The van der Waals surface area contributed by atoms with E-state index < -0.39 is 11.4 Å². The van der Waals surface area contributed by atoms with Crippen LogP contribution >= 0.6 is 0 Å². The molecule has 0 bridgehead atoms. The van der Waals surface area contributed by atoms with E-state index in [4.69, 9.17) is 0 Å². The van der Waals surface area contributed by atoms with Crippen LogP contribution in [0.4, 0.5) is 4.39 Å². The molecule has 3 rings (SSSR count). The Balaban J connectivity index is 1.78. The zero-order valence-corrected chi connectivity index (χ0v) is 13.0. The van der Waals surface area contributed by atoms with E-state index in [1.54, 1.807) is 29.2 Å². The van der Waals surface area contributed by atoms with Crippen molar-refractivity contribution in [1.29, 1.82) is 0 Å². The Morgan fingerprint density at radius 3 is 2.68 bits per heavy atom. The maximum absolute atomic E-state index is 13.1. The maximum atomic E-state index is 13.1. The number of aliphatic hydroxyl groups is 1. The van der Waals surface area contributed by atoms with Crippen LogP contribution in [0.2, 0.25) is 0 Å². The third kappa shape index (κ3) is 3.03. The number of hydrogen-bond acceptors (Lipinski definition) is 4. The van der Waals surface area contributed by atoms with E-state index in [0.29, 0.717) is 18.1 Å². The number of aromatic nitrogens is 2. The van der Waals surface area contributed by atoms with Crippen LogP contribution in [0, 0.1) is 11.7 Å². The van der Waals surface area contributed by atoms with Crippen molar-refractivity contribution in [2.45, 2.75) is 10.9 Å². The topological polar surface area (TPSA) is 64.3 Å². The van der Waals surface area contributed by atoms with Crippen molar-refractivity contribution in [2.75, 3.05) is 19.7 Å². The van der Waals surface area contributed by atoms with Gasteiger partial charge < -0.3 is 14.2 Å². The van der Waals surface area contributed by atoms with Crippen LogP contribution in [-0.2, 0) is 18.4 Å². The van der Waals surface area contributed by atoms with Gasteiger partial charge in [-0.2, -0.15) is 4.98 Å². The molecule has 22 heavy (non-hydrogen) atoms. The Kier molecular flexibility index (Phi) is 4.49. The molecule has 1 N–H and O–H groups in total. The summed E-state index contributed by atoms with van der Waals surface area (Å²) in [5, 5.41) is 10.1. The van der Waals surface area contributed by atoms with E-state index in [9.17, 15) is 14.0 Å². The van der Waals surface area contributed by atoms with Gasteiger partial charge in [-0.05, 0) is 17.7 Å². The van der Waals surface area contributed by atoms with Gasteiger partial charge in [0.1, 0.15) is 17.2 Å². The Hall–Kier alpha value is -1.41. The molecule has 0 saturated carbocycles. The monoisotopic (exact) mass is 323 g/mol. The number of rotatable bonds is 4. The number of nitrogens with zero attached hydrogens (tertiary/aromatic N) is 3. The molecule has 2 aromatic rings. The van der Waals surface area contributed by atoms with Crippen LogP contribution in [0.3, 0.4) is 0 Å². The quantitative estimate of drug-likeness (QED) is 0.861. The van der Waals surface area contributed by atoms with Crippen molar-refractivity contribution in [2.24, 2.45) is 13.0 Å². The molecule has 118 valence electrons. The second-order valence-corrected chi connectivity index (χ2v) is 7.01. The lowest BCUT2D eigenvalue weighted by Gasteiger charge is -2.17. The Bertz CT molecular complexity index is 634. The van der Waals surface area contributed by atoms with Crippen LogP contribution in [0.5, 0.6) is 0 Å². The van der Waals surface area contributed by atoms with E-state index in [-0.39, 0.29) is 24.3 Å². The molecule has 7 heteroatoms. The van der Waals surface area contributed by atoms with Gasteiger partial charge in [0, 0.05) is 25.5 Å². The molecule has 0 amide bonds. The van der Waals surface area contributed by atoms with Crippen LogP contribution < -0.4 is 0 Å². The minimum Gasteiger partial charge on any atom is -0.591 e. The highest BCUT2D eigenvalue weighted by Gasteiger charge is 2.40. The highest BCUT2D eigenvalue weighted by Crippen LogP contribution is 2.35. The second-order valence-electron chi connectivity index (χ2n) is 5.57. The Morgan fingerprint density at radius 1 is 1.36 bits per heavy atom. The van der Waals surface area contributed by atoms with Gasteiger partial charge in [0.2, 0.25) is 0 Å². The fraction of sp³-hybridized carbons (Fsp3) is 0.400. The molecular formula is C15H18FN3O2S. The largest absolute Gasteiger partial charge is 0.591 e. The van der Waals surface area contributed by atoms with E-state index >= 15 is 0 Å². The summed E-state index contributed by atoms with van der Waals surface area (Å²) in [6.45, 7) is 1.10. The molecule has 0 radical (unpaired) electrons. The first-order valence-electron chi connectivity index (χ1n) is 7.09. The molecule has 1 aromatic heterocycles.